The van der Waals surface area contributed by atoms with Crippen LogP contribution in [0.4, 0.5) is 0 Å². The maximum Gasteiger partial charge on any atom is 0.240 e. The van der Waals surface area contributed by atoms with Crippen LogP contribution in [0.3, 0.4) is 0 Å². The second kappa shape index (κ2) is 3.78. The van der Waals surface area contributed by atoms with E-state index in [4.69, 9.17) is 5.26 Å². The minimum atomic E-state index is -0.764. The van der Waals surface area contributed by atoms with E-state index in [1.807, 2.05) is 0 Å². The Morgan fingerprint density at radius 1 is 1.62 bits per heavy atom. The first-order chi connectivity index (χ1) is 7.57. The molecule has 1 atom stereocenters. The smallest absolute Gasteiger partial charge is 0.240 e. The molecule has 16 heavy (non-hydrogen) atoms. The van der Waals surface area contributed by atoms with E-state index in [0.717, 1.165) is 0 Å². The lowest BCUT2D eigenvalue weighted by atomic mass is 10.0. The zero-order chi connectivity index (χ0) is 11.8. The first-order valence-corrected chi connectivity index (χ1v) is 5.53. The summed E-state index contributed by atoms with van der Waals surface area (Å²) >= 11 is 0. The molecular formula is C11H15N3O2. The summed E-state index contributed by atoms with van der Waals surface area (Å²) in [5.74, 6) is -0.0466. The van der Waals surface area contributed by atoms with Gasteiger partial charge in [-0.25, -0.2) is 0 Å². The highest BCUT2D eigenvalue weighted by Crippen LogP contribution is 2.45. The quantitative estimate of drug-likeness (QED) is 0.714. The molecule has 5 nitrogen and oxygen atoms in total. The van der Waals surface area contributed by atoms with Gasteiger partial charge in [0, 0.05) is 26.1 Å². The SMILES string of the molecule is CN1CC(NC(=O)C2(C#N)CC2)CCC1=O. The number of hydrogen-bond donors (Lipinski definition) is 1. The number of rotatable bonds is 2. The molecule has 1 saturated carbocycles. The van der Waals surface area contributed by atoms with Gasteiger partial charge in [0.2, 0.25) is 11.8 Å². The highest BCUT2D eigenvalue weighted by atomic mass is 16.2. The lowest BCUT2D eigenvalue weighted by Crippen LogP contribution is -2.50. The average Bonchev–Trinajstić information content (AvgIpc) is 3.04. The van der Waals surface area contributed by atoms with Crippen LogP contribution in [0, 0.1) is 16.7 Å². The molecule has 0 bridgehead atoms. The van der Waals surface area contributed by atoms with Crippen molar-refractivity contribution in [2.75, 3.05) is 13.6 Å². The van der Waals surface area contributed by atoms with Gasteiger partial charge in [-0.2, -0.15) is 5.26 Å². The van der Waals surface area contributed by atoms with Crippen molar-refractivity contribution < 1.29 is 9.59 Å². The standard InChI is InChI=1S/C11H15N3O2/c1-14-6-8(2-3-9(14)15)13-10(16)11(7-12)4-5-11/h8H,2-6H2,1H3,(H,13,16). The summed E-state index contributed by atoms with van der Waals surface area (Å²) in [5, 5.41) is 11.7. The van der Waals surface area contributed by atoms with Crippen LogP contribution in [0.25, 0.3) is 0 Å². The van der Waals surface area contributed by atoms with E-state index in [1.54, 1.807) is 11.9 Å². The number of nitriles is 1. The molecule has 0 aromatic rings. The minimum Gasteiger partial charge on any atom is -0.350 e. The fraction of sp³-hybridized carbons (Fsp3) is 0.727. The highest BCUT2D eigenvalue weighted by Gasteiger charge is 2.51. The lowest BCUT2D eigenvalue weighted by molar-refractivity contribution is -0.134. The molecule has 1 heterocycles. The van der Waals surface area contributed by atoms with Crippen LogP contribution in [0.5, 0.6) is 0 Å². The van der Waals surface area contributed by atoms with Gasteiger partial charge < -0.3 is 10.2 Å². The van der Waals surface area contributed by atoms with Gasteiger partial charge in [-0.15, -0.1) is 0 Å². The molecular weight excluding hydrogens is 206 g/mol. The van der Waals surface area contributed by atoms with E-state index in [9.17, 15) is 9.59 Å². The Balaban J connectivity index is 1.89. The van der Waals surface area contributed by atoms with Crippen LogP contribution >= 0.6 is 0 Å². The van der Waals surface area contributed by atoms with Crippen LogP contribution in [0.2, 0.25) is 0 Å². The van der Waals surface area contributed by atoms with Gasteiger partial charge in [-0.3, -0.25) is 9.59 Å². The van der Waals surface area contributed by atoms with Crippen molar-refractivity contribution in [3.8, 4) is 6.07 Å². The summed E-state index contributed by atoms with van der Waals surface area (Å²) in [4.78, 5) is 24.7. The van der Waals surface area contributed by atoms with Gasteiger partial charge in [0.15, 0.2) is 0 Å². The number of piperidine rings is 1. The third kappa shape index (κ3) is 1.87. The van der Waals surface area contributed by atoms with E-state index in [1.165, 1.54) is 0 Å². The van der Waals surface area contributed by atoms with E-state index < -0.39 is 5.41 Å². The minimum absolute atomic E-state index is 0.000949. The number of hydrogen-bond acceptors (Lipinski definition) is 3. The molecule has 0 radical (unpaired) electrons. The maximum absolute atomic E-state index is 11.8. The van der Waals surface area contributed by atoms with Gasteiger partial charge in [0.25, 0.3) is 0 Å². The Bertz CT molecular complexity index is 368. The predicted octanol–water partition coefficient (Wildman–Crippen LogP) is 0.0272. The van der Waals surface area contributed by atoms with Gasteiger partial charge in [0.05, 0.1) is 6.07 Å². The first-order valence-electron chi connectivity index (χ1n) is 5.53. The van der Waals surface area contributed by atoms with E-state index >= 15 is 0 Å². The lowest BCUT2D eigenvalue weighted by Gasteiger charge is -2.30. The van der Waals surface area contributed by atoms with Gasteiger partial charge in [0.1, 0.15) is 5.41 Å². The van der Waals surface area contributed by atoms with Crippen molar-refractivity contribution >= 4 is 11.8 Å². The molecule has 1 unspecified atom stereocenters. The Kier molecular flexibility index (Phi) is 2.58. The summed E-state index contributed by atoms with van der Waals surface area (Å²) in [5.41, 5.74) is -0.764. The number of likely N-dealkylation sites (tertiary alicyclic amines) is 1. The molecule has 0 spiro atoms. The van der Waals surface area contributed by atoms with E-state index in [0.29, 0.717) is 32.2 Å². The second-order valence-corrected chi connectivity index (χ2v) is 4.68. The Morgan fingerprint density at radius 3 is 2.81 bits per heavy atom. The average molecular weight is 221 g/mol. The fourth-order valence-corrected chi connectivity index (χ4v) is 1.97. The molecule has 1 saturated heterocycles. The molecule has 2 aliphatic rings. The number of nitrogens with zero attached hydrogens (tertiary/aromatic N) is 2. The molecule has 2 amide bonds. The summed E-state index contributed by atoms with van der Waals surface area (Å²) in [6.45, 7) is 0.548. The van der Waals surface area contributed by atoms with Crippen LogP contribution in [-0.2, 0) is 9.59 Å². The summed E-state index contributed by atoms with van der Waals surface area (Å²) in [6, 6.07) is 2.07. The van der Waals surface area contributed by atoms with Crippen LogP contribution in [0.15, 0.2) is 0 Å². The number of carbonyl (C=O) groups is 2. The van der Waals surface area contributed by atoms with Crippen molar-refractivity contribution in [1.29, 1.82) is 5.26 Å². The molecule has 1 N–H and O–H groups in total. The number of carbonyl (C=O) groups excluding carboxylic acids is 2. The molecule has 2 fully saturated rings. The van der Waals surface area contributed by atoms with Crippen LogP contribution in [0.1, 0.15) is 25.7 Å². The summed E-state index contributed by atoms with van der Waals surface area (Å²) in [6.07, 6.45) is 2.48. The van der Waals surface area contributed by atoms with Gasteiger partial charge >= 0.3 is 0 Å². The highest BCUT2D eigenvalue weighted by molar-refractivity contribution is 5.88. The largest absolute Gasteiger partial charge is 0.350 e. The topological polar surface area (TPSA) is 73.2 Å². The zero-order valence-corrected chi connectivity index (χ0v) is 9.32. The van der Waals surface area contributed by atoms with Crippen LogP contribution in [-0.4, -0.2) is 36.3 Å². The third-order valence-corrected chi connectivity index (χ3v) is 3.36. The molecule has 0 aromatic heterocycles. The zero-order valence-electron chi connectivity index (χ0n) is 9.32. The van der Waals surface area contributed by atoms with E-state index in [2.05, 4.69) is 11.4 Å². The number of nitrogens with one attached hydrogen (secondary N) is 1. The molecule has 0 aromatic carbocycles. The van der Waals surface area contributed by atoms with Gasteiger partial charge in [-0.05, 0) is 19.3 Å². The van der Waals surface area contributed by atoms with Crippen molar-refractivity contribution in [3.05, 3.63) is 0 Å². The molecule has 2 rings (SSSR count). The molecule has 1 aliphatic heterocycles. The van der Waals surface area contributed by atoms with Crippen molar-refractivity contribution in [2.24, 2.45) is 5.41 Å². The third-order valence-electron chi connectivity index (χ3n) is 3.36. The van der Waals surface area contributed by atoms with Crippen molar-refractivity contribution in [3.63, 3.8) is 0 Å². The number of likely N-dealkylation sites (N-methyl/N-ethyl adjacent to an activating group) is 1. The Morgan fingerprint density at radius 2 is 2.31 bits per heavy atom. The summed E-state index contributed by atoms with van der Waals surface area (Å²) < 4.78 is 0. The maximum atomic E-state index is 11.8. The predicted molar refractivity (Wildman–Crippen MR) is 56.1 cm³/mol. The first kappa shape index (κ1) is 10.9. The monoisotopic (exact) mass is 221 g/mol. The second-order valence-electron chi connectivity index (χ2n) is 4.68. The van der Waals surface area contributed by atoms with Gasteiger partial charge in [-0.1, -0.05) is 0 Å². The molecule has 5 heteroatoms. The molecule has 86 valence electrons. The number of amides is 2. The normalized spacial score (nSPS) is 27.1. The molecule has 1 aliphatic carbocycles. The van der Waals surface area contributed by atoms with E-state index in [-0.39, 0.29) is 17.9 Å². The summed E-state index contributed by atoms with van der Waals surface area (Å²) in [7, 11) is 1.73. The fourth-order valence-electron chi connectivity index (χ4n) is 1.97. The Labute approximate surface area is 94.4 Å². The Hall–Kier alpha value is -1.57. The van der Waals surface area contributed by atoms with Crippen molar-refractivity contribution in [1.82, 2.24) is 10.2 Å². The van der Waals surface area contributed by atoms with Crippen molar-refractivity contribution in [2.45, 2.75) is 31.7 Å². The van der Waals surface area contributed by atoms with Crippen LogP contribution < -0.4 is 5.32 Å².